The zero-order valence-corrected chi connectivity index (χ0v) is 7.33. The molecule has 68 valence electrons. The molecule has 0 aliphatic heterocycles. The van der Waals surface area contributed by atoms with Crippen LogP contribution in [0.4, 0.5) is 4.39 Å². The van der Waals surface area contributed by atoms with Crippen LogP contribution in [0.2, 0.25) is 0 Å². The molecule has 0 fully saturated rings. The summed E-state index contributed by atoms with van der Waals surface area (Å²) in [6, 6.07) is 5.39. The van der Waals surface area contributed by atoms with Crippen LogP contribution in [0, 0.1) is 5.82 Å². The second-order valence-corrected chi connectivity index (χ2v) is 2.61. The smallest absolute Gasteiger partial charge is 0.257 e. The summed E-state index contributed by atoms with van der Waals surface area (Å²) in [5.74, 6) is -0.548. The molecule has 0 bridgehead atoms. The van der Waals surface area contributed by atoms with Crippen molar-refractivity contribution in [2.24, 2.45) is 0 Å². The maximum atomic E-state index is 12.5. The summed E-state index contributed by atoms with van der Waals surface area (Å²) < 4.78 is 12.5. The normalized spacial score (nSPS) is 9.38. The number of rotatable bonds is 2. The summed E-state index contributed by atoms with van der Waals surface area (Å²) in [6.07, 6.45) is 1.41. The molecular weight excluding hydrogens is 169 g/mol. The predicted molar refractivity (Wildman–Crippen MR) is 48.7 cm³/mol. The van der Waals surface area contributed by atoms with Crippen LogP contribution in [-0.2, 0) is 0 Å². The van der Waals surface area contributed by atoms with Gasteiger partial charge in [0, 0.05) is 12.6 Å². The molecule has 3 heteroatoms. The first-order valence-electron chi connectivity index (χ1n) is 3.80. The lowest BCUT2D eigenvalue weighted by atomic mass is 10.2. The molecular formula is C10H10FNO. The molecule has 1 rings (SSSR count). The van der Waals surface area contributed by atoms with Gasteiger partial charge in [-0.1, -0.05) is 6.58 Å². The van der Waals surface area contributed by atoms with Crippen LogP contribution in [0.25, 0.3) is 0 Å². The van der Waals surface area contributed by atoms with E-state index in [-0.39, 0.29) is 11.7 Å². The Balaban J connectivity index is 2.89. The van der Waals surface area contributed by atoms with Crippen molar-refractivity contribution in [3.8, 4) is 0 Å². The van der Waals surface area contributed by atoms with E-state index in [2.05, 4.69) is 6.58 Å². The highest BCUT2D eigenvalue weighted by molar-refractivity contribution is 5.94. The number of nitrogens with zero attached hydrogens (tertiary/aromatic N) is 1. The molecule has 0 heterocycles. The number of halogens is 1. The van der Waals surface area contributed by atoms with Crippen molar-refractivity contribution < 1.29 is 9.18 Å². The van der Waals surface area contributed by atoms with Crippen molar-refractivity contribution in [1.82, 2.24) is 4.90 Å². The first-order valence-corrected chi connectivity index (χ1v) is 3.80. The lowest BCUT2D eigenvalue weighted by Gasteiger charge is -2.10. The SMILES string of the molecule is C=CN(C)C(=O)c1ccc(F)cc1. The number of carbonyl (C=O) groups excluding carboxylic acids is 1. The average molecular weight is 179 g/mol. The summed E-state index contributed by atoms with van der Waals surface area (Å²) in [7, 11) is 1.60. The predicted octanol–water partition coefficient (Wildman–Crippen LogP) is 2.04. The van der Waals surface area contributed by atoms with Crippen LogP contribution < -0.4 is 0 Å². The summed E-state index contributed by atoms with van der Waals surface area (Å²) in [6.45, 7) is 3.46. The van der Waals surface area contributed by atoms with Gasteiger partial charge in [-0.3, -0.25) is 4.79 Å². The van der Waals surface area contributed by atoms with Gasteiger partial charge in [-0.15, -0.1) is 0 Å². The Labute approximate surface area is 76.3 Å². The van der Waals surface area contributed by atoms with E-state index in [4.69, 9.17) is 0 Å². The number of hydrogen-bond acceptors (Lipinski definition) is 1. The molecule has 0 saturated heterocycles. The monoisotopic (exact) mass is 179 g/mol. The molecule has 1 aromatic carbocycles. The van der Waals surface area contributed by atoms with Gasteiger partial charge in [-0.2, -0.15) is 0 Å². The van der Waals surface area contributed by atoms with Crippen molar-refractivity contribution in [1.29, 1.82) is 0 Å². The van der Waals surface area contributed by atoms with Crippen molar-refractivity contribution in [2.45, 2.75) is 0 Å². The van der Waals surface area contributed by atoms with E-state index in [9.17, 15) is 9.18 Å². The Morgan fingerprint density at radius 1 is 1.46 bits per heavy atom. The molecule has 0 N–H and O–H groups in total. The Morgan fingerprint density at radius 3 is 2.46 bits per heavy atom. The molecule has 0 radical (unpaired) electrons. The van der Waals surface area contributed by atoms with E-state index >= 15 is 0 Å². The van der Waals surface area contributed by atoms with Gasteiger partial charge in [0.1, 0.15) is 5.82 Å². The highest BCUT2D eigenvalue weighted by atomic mass is 19.1. The molecule has 0 spiro atoms. The van der Waals surface area contributed by atoms with Crippen molar-refractivity contribution >= 4 is 5.91 Å². The third-order valence-corrected chi connectivity index (χ3v) is 1.69. The second-order valence-electron chi connectivity index (χ2n) is 2.61. The zero-order chi connectivity index (χ0) is 9.84. The highest BCUT2D eigenvalue weighted by Gasteiger charge is 2.07. The van der Waals surface area contributed by atoms with Crippen LogP contribution in [0.1, 0.15) is 10.4 Å². The first kappa shape index (κ1) is 9.45. The van der Waals surface area contributed by atoms with Gasteiger partial charge in [0.2, 0.25) is 0 Å². The molecule has 0 aliphatic rings. The Morgan fingerprint density at radius 2 is 2.00 bits per heavy atom. The van der Waals surface area contributed by atoms with E-state index in [1.165, 1.54) is 35.4 Å². The molecule has 0 aliphatic carbocycles. The van der Waals surface area contributed by atoms with Gasteiger partial charge in [-0.05, 0) is 30.5 Å². The largest absolute Gasteiger partial charge is 0.319 e. The van der Waals surface area contributed by atoms with E-state index < -0.39 is 0 Å². The van der Waals surface area contributed by atoms with Gasteiger partial charge in [0.15, 0.2) is 0 Å². The molecule has 1 amide bonds. The first-order chi connectivity index (χ1) is 6.15. The van der Waals surface area contributed by atoms with E-state index in [1.807, 2.05) is 0 Å². The van der Waals surface area contributed by atoms with Crippen molar-refractivity contribution in [2.75, 3.05) is 7.05 Å². The lowest BCUT2D eigenvalue weighted by molar-refractivity contribution is 0.0850. The number of carbonyl (C=O) groups is 1. The quantitative estimate of drug-likeness (QED) is 0.680. The van der Waals surface area contributed by atoms with Gasteiger partial charge in [-0.25, -0.2) is 4.39 Å². The molecule has 0 aromatic heterocycles. The van der Waals surface area contributed by atoms with Gasteiger partial charge in [0.05, 0.1) is 0 Å². The Hall–Kier alpha value is -1.64. The fourth-order valence-corrected chi connectivity index (χ4v) is 0.879. The standard InChI is InChI=1S/C10H10FNO/c1-3-12(2)10(13)8-4-6-9(11)7-5-8/h3-7H,1H2,2H3. The van der Waals surface area contributed by atoms with Crippen LogP contribution in [-0.4, -0.2) is 17.9 Å². The molecule has 0 atom stereocenters. The summed E-state index contributed by atoms with van der Waals surface area (Å²) in [5, 5.41) is 0. The highest BCUT2D eigenvalue weighted by Crippen LogP contribution is 2.05. The van der Waals surface area contributed by atoms with Gasteiger partial charge >= 0.3 is 0 Å². The molecule has 0 saturated carbocycles. The maximum absolute atomic E-state index is 12.5. The van der Waals surface area contributed by atoms with Crippen LogP contribution >= 0.6 is 0 Å². The Kier molecular flexibility index (Phi) is 2.80. The van der Waals surface area contributed by atoms with Crippen molar-refractivity contribution in [3.05, 3.63) is 48.4 Å². The van der Waals surface area contributed by atoms with Crippen LogP contribution in [0.15, 0.2) is 37.0 Å². The number of benzene rings is 1. The fourth-order valence-electron chi connectivity index (χ4n) is 0.879. The van der Waals surface area contributed by atoms with Crippen molar-refractivity contribution in [3.63, 3.8) is 0 Å². The summed E-state index contributed by atoms with van der Waals surface area (Å²) >= 11 is 0. The minimum Gasteiger partial charge on any atom is -0.319 e. The lowest BCUT2D eigenvalue weighted by Crippen LogP contribution is -2.20. The minimum atomic E-state index is -0.349. The maximum Gasteiger partial charge on any atom is 0.257 e. The van der Waals surface area contributed by atoms with E-state index in [0.29, 0.717) is 5.56 Å². The van der Waals surface area contributed by atoms with E-state index in [0.717, 1.165) is 0 Å². The zero-order valence-electron chi connectivity index (χ0n) is 7.33. The van der Waals surface area contributed by atoms with E-state index in [1.54, 1.807) is 7.05 Å². The summed E-state index contributed by atoms with van der Waals surface area (Å²) in [5.41, 5.74) is 0.448. The molecule has 13 heavy (non-hydrogen) atoms. The Bertz CT molecular complexity index is 318. The average Bonchev–Trinajstić information content (AvgIpc) is 2.17. The molecule has 1 aromatic rings. The topological polar surface area (TPSA) is 20.3 Å². The van der Waals surface area contributed by atoms with Gasteiger partial charge in [0.25, 0.3) is 5.91 Å². The third kappa shape index (κ3) is 2.15. The summed E-state index contributed by atoms with van der Waals surface area (Å²) in [4.78, 5) is 12.8. The number of hydrogen-bond donors (Lipinski definition) is 0. The van der Waals surface area contributed by atoms with Crippen LogP contribution in [0.3, 0.4) is 0 Å². The number of amides is 1. The fraction of sp³-hybridized carbons (Fsp3) is 0.100. The third-order valence-electron chi connectivity index (χ3n) is 1.69. The minimum absolute atomic E-state index is 0.199. The van der Waals surface area contributed by atoms with Crippen LogP contribution in [0.5, 0.6) is 0 Å². The molecule has 0 unspecified atom stereocenters. The van der Waals surface area contributed by atoms with Gasteiger partial charge < -0.3 is 4.90 Å². The second kappa shape index (κ2) is 3.85. The molecule has 2 nitrogen and oxygen atoms in total.